The highest BCUT2D eigenvalue weighted by Crippen LogP contribution is 2.31. The Morgan fingerprint density at radius 2 is 2.33 bits per heavy atom. The van der Waals surface area contributed by atoms with Crippen molar-refractivity contribution in [3.63, 3.8) is 0 Å². The van der Waals surface area contributed by atoms with E-state index >= 15 is 0 Å². The van der Waals surface area contributed by atoms with E-state index in [1.54, 1.807) is 0 Å². The second-order valence-electron chi connectivity index (χ2n) is 5.73. The van der Waals surface area contributed by atoms with E-state index in [0.717, 1.165) is 37.3 Å². The van der Waals surface area contributed by atoms with Crippen LogP contribution in [0.1, 0.15) is 49.0 Å². The molecule has 4 nitrogen and oxygen atoms in total. The van der Waals surface area contributed by atoms with Gasteiger partial charge in [-0.3, -0.25) is 0 Å². The Morgan fingerprint density at radius 3 is 3.19 bits per heavy atom. The van der Waals surface area contributed by atoms with Crippen molar-refractivity contribution in [1.29, 1.82) is 0 Å². The van der Waals surface area contributed by atoms with Gasteiger partial charge in [0.2, 0.25) is 0 Å². The number of aromatic nitrogens is 2. The highest BCUT2D eigenvalue weighted by Gasteiger charge is 2.17. The molecule has 1 aliphatic carbocycles. The zero-order valence-electron chi connectivity index (χ0n) is 12.6. The Bertz CT molecular complexity index is 606. The number of benzene rings is 1. The van der Waals surface area contributed by atoms with E-state index in [0.29, 0.717) is 6.61 Å². The van der Waals surface area contributed by atoms with Crippen molar-refractivity contribution in [2.24, 2.45) is 5.73 Å². The number of hydrogen-bond acceptors (Lipinski definition) is 3. The molecular formula is C17H23N3O. The third kappa shape index (κ3) is 3.10. The lowest BCUT2D eigenvalue weighted by atomic mass is 9.88. The molecule has 1 heterocycles. The van der Waals surface area contributed by atoms with Crippen molar-refractivity contribution < 1.29 is 4.74 Å². The number of nitrogens with two attached hydrogens (primary N) is 1. The summed E-state index contributed by atoms with van der Waals surface area (Å²) in [4.78, 5) is 4.20. The quantitative estimate of drug-likeness (QED) is 0.917. The van der Waals surface area contributed by atoms with Gasteiger partial charge in [-0.15, -0.1) is 0 Å². The van der Waals surface area contributed by atoms with Gasteiger partial charge in [-0.2, -0.15) is 0 Å². The minimum atomic E-state index is 0.155. The average Bonchev–Trinajstić information content (AvgIpc) is 2.93. The second-order valence-corrected chi connectivity index (χ2v) is 5.73. The average molecular weight is 285 g/mol. The third-order valence-electron chi connectivity index (χ3n) is 4.13. The Balaban J connectivity index is 1.71. The first kappa shape index (κ1) is 14.1. The van der Waals surface area contributed by atoms with Crippen LogP contribution >= 0.6 is 0 Å². The van der Waals surface area contributed by atoms with Crippen LogP contribution in [0.15, 0.2) is 30.7 Å². The summed E-state index contributed by atoms with van der Waals surface area (Å²) in [6.07, 6.45) is 8.22. The third-order valence-corrected chi connectivity index (χ3v) is 4.13. The monoisotopic (exact) mass is 285 g/mol. The summed E-state index contributed by atoms with van der Waals surface area (Å²) < 4.78 is 8.08. The first-order valence-electron chi connectivity index (χ1n) is 7.78. The summed E-state index contributed by atoms with van der Waals surface area (Å²) in [5.74, 6) is 0.898. The summed E-state index contributed by atoms with van der Waals surface area (Å²) in [7, 11) is 0. The van der Waals surface area contributed by atoms with Crippen LogP contribution in [0.3, 0.4) is 0 Å². The summed E-state index contributed by atoms with van der Waals surface area (Å²) in [6, 6.07) is 6.48. The fourth-order valence-corrected chi connectivity index (χ4v) is 2.97. The molecule has 0 radical (unpaired) electrons. The summed E-state index contributed by atoms with van der Waals surface area (Å²) in [5.41, 5.74) is 9.93. The van der Waals surface area contributed by atoms with E-state index in [-0.39, 0.29) is 6.04 Å². The first-order valence-corrected chi connectivity index (χ1v) is 7.78. The molecule has 0 fully saturated rings. The lowest BCUT2D eigenvalue weighted by Gasteiger charge is -2.22. The summed E-state index contributed by atoms with van der Waals surface area (Å²) in [6.45, 7) is 3.69. The van der Waals surface area contributed by atoms with E-state index in [4.69, 9.17) is 10.5 Å². The molecule has 21 heavy (non-hydrogen) atoms. The van der Waals surface area contributed by atoms with Crippen LogP contribution in [0, 0.1) is 0 Å². The van der Waals surface area contributed by atoms with Gasteiger partial charge in [0, 0.05) is 12.6 Å². The largest absolute Gasteiger partial charge is 0.487 e. The highest BCUT2D eigenvalue weighted by molar-refractivity contribution is 5.39. The molecule has 0 unspecified atom stereocenters. The first-order chi connectivity index (χ1) is 10.3. The van der Waals surface area contributed by atoms with Crippen LogP contribution in [0.2, 0.25) is 0 Å². The van der Waals surface area contributed by atoms with Crippen LogP contribution in [0.25, 0.3) is 0 Å². The molecule has 0 saturated carbocycles. The van der Waals surface area contributed by atoms with E-state index in [2.05, 4.69) is 34.7 Å². The van der Waals surface area contributed by atoms with E-state index < -0.39 is 0 Å². The molecule has 0 saturated heterocycles. The molecule has 112 valence electrons. The normalized spacial score (nSPS) is 17.5. The van der Waals surface area contributed by atoms with Gasteiger partial charge < -0.3 is 15.0 Å². The molecule has 3 rings (SSSR count). The maximum absolute atomic E-state index is 6.20. The summed E-state index contributed by atoms with van der Waals surface area (Å²) >= 11 is 0. The van der Waals surface area contributed by atoms with Gasteiger partial charge in [0.25, 0.3) is 0 Å². The maximum Gasteiger partial charge on any atom is 0.130 e. The molecule has 0 bridgehead atoms. The standard InChI is InChI=1S/C17H23N3O/c1-2-8-20-12-19-10-14(20)11-21-15-7-6-13-4-3-5-17(18)16(13)9-15/h6-7,9-10,12,17H,2-5,8,11,18H2,1H3/t17-/m0/s1. The Hall–Kier alpha value is -1.81. The molecule has 0 amide bonds. The maximum atomic E-state index is 6.20. The molecule has 1 aromatic carbocycles. The predicted molar refractivity (Wildman–Crippen MR) is 83.2 cm³/mol. The van der Waals surface area contributed by atoms with Gasteiger partial charge in [0.05, 0.1) is 18.2 Å². The minimum Gasteiger partial charge on any atom is -0.487 e. The Morgan fingerprint density at radius 1 is 1.43 bits per heavy atom. The molecule has 4 heteroatoms. The molecule has 0 aliphatic heterocycles. The Labute approximate surface area is 125 Å². The molecular weight excluding hydrogens is 262 g/mol. The number of ether oxygens (including phenoxy) is 1. The van der Waals surface area contributed by atoms with E-state index in [1.165, 1.54) is 17.5 Å². The highest BCUT2D eigenvalue weighted by atomic mass is 16.5. The minimum absolute atomic E-state index is 0.155. The number of aryl methyl sites for hydroxylation is 2. The molecule has 0 spiro atoms. The fourth-order valence-electron chi connectivity index (χ4n) is 2.97. The van der Waals surface area contributed by atoms with Crippen LogP contribution in [-0.2, 0) is 19.6 Å². The van der Waals surface area contributed by atoms with Crippen LogP contribution in [0.4, 0.5) is 0 Å². The van der Waals surface area contributed by atoms with Crippen molar-refractivity contribution in [2.75, 3.05) is 0 Å². The number of rotatable bonds is 5. The van der Waals surface area contributed by atoms with Crippen molar-refractivity contribution in [3.05, 3.63) is 47.5 Å². The molecule has 2 aromatic rings. The van der Waals surface area contributed by atoms with Crippen LogP contribution in [-0.4, -0.2) is 9.55 Å². The van der Waals surface area contributed by atoms with E-state index in [9.17, 15) is 0 Å². The SMILES string of the molecule is CCCn1cncc1COc1ccc2c(c1)[C@@H](N)CCC2. The van der Waals surface area contributed by atoms with Crippen molar-refractivity contribution in [2.45, 2.75) is 51.8 Å². The smallest absolute Gasteiger partial charge is 0.130 e. The number of nitrogens with zero attached hydrogens (tertiary/aromatic N) is 2. The van der Waals surface area contributed by atoms with Gasteiger partial charge in [-0.1, -0.05) is 13.0 Å². The zero-order chi connectivity index (χ0) is 14.7. The molecule has 1 aromatic heterocycles. The van der Waals surface area contributed by atoms with Gasteiger partial charge in [0.1, 0.15) is 12.4 Å². The lowest BCUT2D eigenvalue weighted by Crippen LogP contribution is -2.17. The van der Waals surface area contributed by atoms with Crippen LogP contribution < -0.4 is 10.5 Å². The number of hydrogen-bond donors (Lipinski definition) is 1. The molecule has 1 atom stereocenters. The predicted octanol–water partition coefficient (Wildman–Crippen LogP) is 3.21. The topological polar surface area (TPSA) is 53.1 Å². The van der Waals surface area contributed by atoms with Crippen molar-refractivity contribution in [3.8, 4) is 5.75 Å². The fraction of sp³-hybridized carbons (Fsp3) is 0.471. The van der Waals surface area contributed by atoms with Crippen molar-refractivity contribution in [1.82, 2.24) is 9.55 Å². The van der Waals surface area contributed by atoms with Gasteiger partial charge in [0.15, 0.2) is 0 Å². The van der Waals surface area contributed by atoms with Gasteiger partial charge in [-0.05, 0) is 48.9 Å². The second kappa shape index (κ2) is 6.31. The molecule has 1 aliphatic rings. The number of imidazole rings is 1. The van der Waals surface area contributed by atoms with Gasteiger partial charge >= 0.3 is 0 Å². The number of fused-ring (bicyclic) bond motifs is 1. The summed E-state index contributed by atoms with van der Waals surface area (Å²) in [5, 5.41) is 0. The lowest BCUT2D eigenvalue weighted by molar-refractivity contribution is 0.293. The van der Waals surface area contributed by atoms with Crippen molar-refractivity contribution >= 4 is 0 Å². The van der Waals surface area contributed by atoms with Gasteiger partial charge in [-0.25, -0.2) is 4.98 Å². The zero-order valence-corrected chi connectivity index (χ0v) is 12.6. The van der Waals surface area contributed by atoms with Crippen LogP contribution in [0.5, 0.6) is 5.75 Å². The van der Waals surface area contributed by atoms with E-state index in [1.807, 2.05) is 12.5 Å². The Kier molecular flexibility index (Phi) is 4.25. The molecule has 2 N–H and O–H groups in total.